The number of nitrogens with one attached hydrogen (secondary N) is 3. The highest BCUT2D eigenvalue weighted by molar-refractivity contribution is 6.39. The first-order valence-corrected chi connectivity index (χ1v) is 15.0. The van der Waals surface area contributed by atoms with Crippen molar-refractivity contribution in [2.45, 2.75) is 26.2 Å². The van der Waals surface area contributed by atoms with E-state index in [1.54, 1.807) is 31.5 Å². The summed E-state index contributed by atoms with van der Waals surface area (Å²) in [7, 11) is 1.55. The monoisotopic (exact) mass is 616 g/mol. The Balaban J connectivity index is 1.20. The normalized spacial score (nSPS) is 13.2. The molecule has 236 valence electrons. The summed E-state index contributed by atoms with van der Waals surface area (Å²) < 4.78 is 38.4. The number of fused-ring (bicyclic) bond motifs is 1. The minimum Gasteiger partial charge on any atom is -0.494 e. The summed E-state index contributed by atoms with van der Waals surface area (Å²) in [6.45, 7) is 5.19. The van der Waals surface area contributed by atoms with E-state index in [1.807, 2.05) is 31.2 Å². The van der Waals surface area contributed by atoms with Gasteiger partial charge in [0.05, 0.1) is 20.3 Å². The molecule has 2 heterocycles. The summed E-state index contributed by atoms with van der Waals surface area (Å²) in [5.41, 5.74) is 1.55. The fourth-order valence-corrected chi connectivity index (χ4v) is 5.17. The number of carbonyl (C=O) groups is 2. The first-order valence-electron chi connectivity index (χ1n) is 15.0. The van der Waals surface area contributed by atoms with Crippen LogP contribution in [0.25, 0.3) is 10.9 Å². The fraction of sp³-hybridized carbons (Fsp3) is 0.324. The van der Waals surface area contributed by atoms with Crippen molar-refractivity contribution in [3.8, 4) is 28.7 Å². The number of rotatable bonds is 12. The van der Waals surface area contributed by atoms with Gasteiger partial charge in [-0.2, -0.15) is 0 Å². The predicted molar refractivity (Wildman–Crippen MR) is 169 cm³/mol. The average Bonchev–Trinajstić information content (AvgIpc) is 3.06. The molecule has 0 radical (unpaired) electrons. The lowest BCUT2D eigenvalue weighted by atomic mass is 9.99. The molecule has 0 saturated carbocycles. The molecule has 3 aromatic carbocycles. The zero-order chi connectivity index (χ0) is 31.6. The third-order valence-corrected chi connectivity index (χ3v) is 7.50. The Labute approximate surface area is 261 Å². The van der Waals surface area contributed by atoms with Gasteiger partial charge < -0.3 is 34.9 Å². The molecule has 1 fully saturated rings. The lowest BCUT2D eigenvalue weighted by Crippen LogP contribution is -2.36. The van der Waals surface area contributed by atoms with Crippen LogP contribution in [-0.4, -0.2) is 56.8 Å². The molecule has 4 aromatic rings. The predicted octanol–water partition coefficient (Wildman–Crippen LogP) is 5.25. The van der Waals surface area contributed by atoms with Gasteiger partial charge in [-0.25, -0.2) is 4.39 Å². The summed E-state index contributed by atoms with van der Waals surface area (Å²) in [5.74, 6) is 0.0888. The van der Waals surface area contributed by atoms with Gasteiger partial charge >= 0.3 is 11.8 Å². The molecule has 0 spiro atoms. The van der Waals surface area contributed by atoms with Crippen molar-refractivity contribution in [2.75, 3.05) is 45.3 Å². The van der Waals surface area contributed by atoms with Gasteiger partial charge in [0.15, 0.2) is 23.1 Å². The van der Waals surface area contributed by atoms with Gasteiger partial charge in [0, 0.05) is 29.9 Å². The highest BCUT2D eigenvalue weighted by atomic mass is 19.1. The lowest BCUT2D eigenvalue weighted by molar-refractivity contribution is -0.136. The van der Waals surface area contributed by atoms with E-state index in [4.69, 9.17) is 18.9 Å². The number of nitrogens with zero attached hydrogens (tertiary/aromatic N) is 1. The maximum absolute atomic E-state index is 15.1. The van der Waals surface area contributed by atoms with Crippen LogP contribution >= 0.6 is 0 Å². The smallest absolute Gasteiger partial charge is 0.313 e. The minimum atomic E-state index is -0.911. The molecule has 10 nitrogen and oxygen atoms in total. The van der Waals surface area contributed by atoms with E-state index in [-0.39, 0.29) is 18.0 Å². The molecular formula is C34H37FN4O6. The zero-order valence-electron chi connectivity index (χ0n) is 25.4. The second kappa shape index (κ2) is 15.2. The standard InChI is InChI=1S/C34H37FN4O6/c1-3-43-27-7-5-4-6-23(27)14-18-38-33(40)34(41)39-24-8-10-29(26(35)20-24)45-28-15-19-37-31-25(28)9-11-30(32(31)42-2)44-21-22-12-16-36-17-13-22/h4-11,15,19-20,22,36H,3,12-14,16-18,21H2,1-2H3,(H,38,40)(H,39,41). The van der Waals surface area contributed by atoms with Crippen molar-refractivity contribution in [3.63, 3.8) is 0 Å². The second-order valence-electron chi connectivity index (χ2n) is 10.6. The molecule has 11 heteroatoms. The molecule has 3 N–H and O–H groups in total. The molecule has 2 amide bonds. The Bertz CT molecular complexity index is 1640. The molecule has 1 saturated heterocycles. The molecule has 0 bridgehead atoms. The van der Waals surface area contributed by atoms with E-state index in [0.717, 1.165) is 43.3 Å². The van der Waals surface area contributed by atoms with Gasteiger partial charge in [0.2, 0.25) is 0 Å². The van der Waals surface area contributed by atoms with Crippen LogP contribution in [0.4, 0.5) is 10.1 Å². The fourth-order valence-electron chi connectivity index (χ4n) is 5.17. The first-order chi connectivity index (χ1) is 22.0. The molecule has 5 rings (SSSR count). The number of hydrogen-bond acceptors (Lipinski definition) is 8. The van der Waals surface area contributed by atoms with Gasteiger partial charge in [0.25, 0.3) is 0 Å². The van der Waals surface area contributed by atoms with Crippen LogP contribution < -0.4 is 34.9 Å². The number of anilines is 1. The van der Waals surface area contributed by atoms with Gasteiger partial charge in [-0.3, -0.25) is 14.6 Å². The van der Waals surface area contributed by atoms with Gasteiger partial charge in [-0.15, -0.1) is 0 Å². The summed E-state index contributed by atoms with van der Waals surface area (Å²) in [4.78, 5) is 29.3. The Morgan fingerprint density at radius 3 is 2.53 bits per heavy atom. The number of para-hydroxylation sites is 1. The lowest BCUT2D eigenvalue weighted by Gasteiger charge is -2.23. The van der Waals surface area contributed by atoms with Crippen molar-refractivity contribution in [3.05, 3.63) is 78.2 Å². The van der Waals surface area contributed by atoms with E-state index in [9.17, 15) is 9.59 Å². The quantitative estimate of drug-likeness (QED) is 0.185. The molecule has 1 aliphatic rings. The molecule has 1 aromatic heterocycles. The second-order valence-corrected chi connectivity index (χ2v) is 10.6. The Morgan fingerprint density at radius 2 is 1.76 bits per heavy atom. The van der Waals surface area contributed by atoms with Crippen LogP contribution in [0.2, 0.25) is 0 Å². The Kier molecular flexibility index (Phi) is 10.7. The van der Waals surface area contributed by atoms with Crippen molar-refractivity contribution in [2.24, 2.45) is 5.92 Å². The van der Waals surface area contributed by atoms with Crippen molar-refractivity contribution in [1.82, 2.24) is 15.6 Å². The van der Waals surface area contributed by atoms with E-state index in [0.29, 0.717) is 53.7 Å². The molecule has 1 aliphatic heterocycles. The molecule has 0 atom stereocenters. The number of benzene rings is 3. The van der Waals surface area contributed by atoms with Crippen LogP contribution in [-0.2, 0) is 16.0 Å². The van der Waals surface area contributed by atoms with E-state index in [1.165, 1.54) is 12.1 Å². The van der Waals surface area contributed by atoms with Crippen LogP contribution in [0.5, 0.6) is 28.7 Å². The van der Waals surface area contributed by atoms with Crippen molar-refractivity contribution < 1.29 is 32.9 Å². The first kappa shape index (κ1) is 31.5. The number of carbonyl (C=O) groups excluding carboxylic acids is 2. The molecule has 0 aliphatic carbocycles. The number of halogens is 1. The maximum atomic E-state index is 15.1. The average molecular weight is 617 g/mol. The summed E-state index contributed by atoms with van der Waals surface area (Å²) in [6.07, 6.45) is 4.14. The number of piperidine rings is 1. The number of ether oxygens (including phenoxy) is 4. The van der Waals surface area contributed by atoms with Crippen LogP contribution in [0.3, 0.4) is 0 Å². The van der Waals surface area contributed by atoms with Crippen LogP contribution in [0, 0.1) is 11.7 Å². The van der Waals surface area contributed by atoms with Crippen molar-refractivity contribution >= 4 is 28.4 Å². The minimum absolute atomic E-state index is 0.0666. The maximum Gasteiger partial charge on any atom is 0.313 e. The van der Waals surface area contributed by atoms with Gasteiger partial charge in [-0.05, 0) is 87.2 Å². The van der Waals surface area contributed by atoms with Crippen LogP contribution in [0.15, 0.2) is 66.9 Å². The highest BCUT2D eigenvalue weighted by Crippen LogP contribution is 2.40. The molecule has 45 heavy (non-hydrogen) atoms. The highest BCUT2D eigenvalue weighted by Gasteiger charge is 2.19. The summed E-state index contributed by atoms with van der Waals surface area (Å²) in [6, 6.07) is 16.7. The van der Waals surface area contributed by atoms with Gasteiger partial charge in [-0.1, -0.05) is 18.2 Å². The Hall–Kier alpha value is -4.90. The van der Waals surface area contributed by atoms with E-state index in [2.05, 4.69) is 20.9 Å². The SMILES string of the molecule is CCOc1ccccc1CCNC(=O)C(=O)Nc1ccc(Oc2ccnc3c(OC)c(OCC4CCNCC4)ccc23)c(F)c1. The number of methoxy groups -OCH3 is 1. The third kappa shape index (κ3) is 7.98. The molecular weight excluding hydrogens is 579 g/mol. The van der Waals surface area contributed by atoms with E-state index >= 15 is 4.39 Å². The van der Waals surface area contributed by atoms with E-state index < -0.39 is 17.6 Å². The largest absolute Gasteiger partial charge is 0.494 e. The topological polar surface area (TPSA) is 120 Å². The Morgan fingerprint density at radius 1 is 0.956 bits per heavy atom. The van der Waals surface area contributed by atoms with Crippen molar-refractivity contribution in [1.29, 1.82) is 0 Å². The number of pyridine rings is 1. The zero-order valence-corrected chi connectivity index (χ0v) is 25.4. The van der Waals surface area contributed by atoms with Crippen LogP contribution in [0.1, 0.15) is 25.3 Å². The summed E-state index contributed by atoms with van der Waals surface area (Å²) in [5, 5.41) is 8.97. The summed E-state index contributed by atoms with van der Waals surface area (Å²) >= 11 is 0. The third-order valence-electron chi connectivity index (χ3n) is 7.50. The molecule has 0 unspecified atom stereocenters. The number of amides is 2. The number of hydrogen-bond donors (Lipinski definition) is 3. The number of aromatic nitrogens is 1. The van der Waals surface area contributed by atoms with Gasteiger partial charge in [0.1, 0.15) is 17.0 Å².